The smallest absolute Gasteiger partial charge is 0.225 e. The van der Waals surface area contributed by atoms with Crippen LogP contribution in [-0.2, 0) is 4.74 Å². The average Bonchev–Trinajstić information content (AvgIpc) is 2.31. The van der Waals surface area contributed by atoms with Crippen molar-refractivity contribution in [2.24, 2.45) is 0 Å². The number of hydrogen-bond donors (Lipinski definition) is 1. The number of aromatic nitrogens is 2. The third-order valence-electron chi connectivity index (χ3n) is 2.57. The largest absolute Gasteiger partial charge is 0.394 e. The molecular formula is C10H14IN3O2. The fraction of sp³-hybridized carbons (Fsp3) is 0.600. The van der Waals surface area contributed by atoms with Gasteiger partial charge in [0.25, 0.3) is 0 Å². The summed E-state index contributed by atoms with van der Waals surface area (Å²) in [7, 11) is 0. The Morgan fingerprint density at radius 1 is 1.56 bits per heavy atom. The zero-order chi connectivity index (χ0) is 11.5. The molecule has 16 heavy (non-hydrogen) atoms. The summed E-state index contributed by atoms with van der Waals surface area (Å²) < 4.78 is 6.48. The maximum Gasteiger partial charge on any atom is 0.225 e. The van der Waals surface area contributed by atoms with Crippen molar-refractivity contribution in [3.63, 3.8) is 0 Å². The highest BCUT2D eigenvalue weighted by Gasteiger charge is 2.27. The highest BCUT2D eigenvalue weighted by molar-refractivity contribution is 14.1. The third-order valence-corrected chi connectivity index (χ3v) is 3.13. The maximum atomic E-state index is 9.09. The standard InChI is InChI=1S/C10H14IN3O2/c1-7-6-16-9(5-15)4-14(7)10-12-2-8(11)3-13-10/h2-3,7,9,15H,4-6H2,1H3. The Bertz CT molecular complexity index is 346. The highest BCUT2D eigenvalue weighted by atomic mass is 127. The molecule has 1 aromatic rings. The van der Waals surface area contributed by atoms with Gasteiger partial charge in [0.2, 0.25) is 5.95 Å². The molecule has 0 amide bonds. The van der Waals surface area contributed by atoms with E-state index in [2.05, 4.69) is 44.4 Å². The van der Waals surface area contributed by atoms with E-state index in [1.54, 1.807) is 12.4 Å². The molecule has 1 aliphatic heterocycles. The molecule has 1 fully saturated rings. The molecule has 0 saturated carbocycles. The van der Waals surface area contributed by atoms with Gasteiger partial charge in [-0.25, -0.2) is 9.97 Å². The van der Waals surface area contributed by atoms with Gasteiger partial charge < -0.3 is 14.7 Å². The first-order valence-corrected chi connectivity index (χ1v) is 6.25. The average molecular weight is 335 g/mol. The molecule has 1 N–H and O–H groups in total. The number of nitrogens with zero attached hydrogens (tertiary/aromatic N) is 3. The Morgan fingerprint density at radius 2 is 2.25 bits per heavy atom. The van der Waals surface area contributed by atoms with E-state index in [9.17, 15) is 0 Å². The molecule has 6 heteroatoms. The number of halogens is 1. The van der Waals surface area contributed by atoms with E-state index in [-0.39, 0.29) is 18.8 Å². The van der Waals surface area contributed by atoms with Crippen molar-refractivity contribution < 1.29 is 9.84 Å². The summed E-state index contributed by atoms with van der Waals surface area (Å²) >= 11 is 2.18. The zero-order valence-electron chi connectivity index (χ0n) is 9.01. The van der Waals surface area contributed by atoms with Crippen LogP contribution in [0.25, 0.3) is 0 Å². The molecule has 0 radical (unpaired) electrons. The van der Waals surface area contributed by atoms with Gasteiger partial charge in [-0.05, 0) is 29.5 Å². The fourth-order valence-electron chi connectivity index (χ4n) is 1.66. The number of ether oxygens (including phenoxy) is 1. The fourth-order valence-corrected chi connectivity index (χ4v) is 1.94. The van der Waals surface area contributed by atoms with Gasteiger partial charge in [-0.1, -0.05) is 0 Å². The first kappa shape index (κ1) is 12.0. The number of aliphatic hydroxyl groups excluding tert-OH is 1. The lowest BCUT2D eigenvalue weighted by Crippen LogP contribution is -2.50. The normalized spacial score (nSPS) is 25.8. The van der Waals surface area contributed by atoms with E-state index in [0.29, 0.717) is 19.1 Å². The van der Waals surface area contributed by atoms with Crippen molar-refractivity contribution in [2.75, 3.05) is 24.7 Å². The Balaban J connectivity index is 2.14. The van der Waals surface area contributed by atoms with Crippen LogP contribution in [0.15, 0.2) is 12.4 Å². The van der Waals surface area contributed by atoms with Crippen LogP contribution in [0, 0.1) is 3.57 Å². The van der Waals surface area contributed by atoms with Crippen molar-refractivity contribution in [3.05, 3.63) is 16.0 Å². The zero-order valence-corrected chi connectivity index (χ0v) is 11.2. The minimum atomic E-state index is -0.140. The van der Waals surface area contributed by atoms with Gasteiger partial charge in [0.1, 0.15) is 0 Å². The van der Waals surface area contributed by atoms with Crippen LogP contribution in [0.4, 0.5) is 5.95 Å². The summed E-state index contributed by atoms with van der Waals surface area (Å²) in [4.78, 5) is 10.7. The number of hydrogen-bond acceptors (Lipinski definition) is 5. The monoisotopic (exact) mass is 335 g/mol. The third kappa shape index (κ3) is 2.61. The van der Waals surface area contributed by atoms with Crippen LogP contribution in [0.3, 0.4) is 0 Å². The van der Waals surface area contributed by atoms with Gasteiger partial charge in [-0.2, -0.15) is 0 Å². The summed E-state index contributed by atoms with van der Waals surface area (Å²) in [6.07, 6.45) is 3.44. The predicted octanol–water partition coefficient (Wildman–Crippen LogP) is 0.667. The van der Waals surface area contributed by atoms with Crippen molar-refractivity contribution in [3.8, 4) is 0 Å². The van der Waals surface area contributed by atoms with E-state index >= 15 is 0 Å². The van der Waals surface area contributed by atoms with Gasteiger partial charge in [-0.3, -0.25) is 0 Å². The van der Waals surface area contributed by atoms with Crippen LogP contribution in [0.1, 0.15) is 6.92 Å². The Kier molecular flexibility index (Phi) is 3.93. The molecule has 0 bridgehead atoms. The van der Waals surface area contributed by atoms with Gasteiger partial charge in [-0.15, -0.1) is 0 Å². The summed E-state index contributed by atoms with van der Waals surface area (Å²) in [5, 5.41) is 9.09. The first-order valence-electron chi connectivity index (χ1n) is 5.17. The lowest BCUT2D eigenvalue weighted by atomic mass is 10.2. The Hall–Kier alpha value is -0.470. The molecule has 88 valence electrons. The van der Waals surface area contributed by atoms with Crippen LogP contribution in [0.5, 0.6) is 0 Å². The van der Waals surface area contributed by atoms with E-state index in [0.717, 1.165) is 3.57 Å². The predicted molar refractivity (Wildman–Crippen MR) is 68.4 cm³/mol. The van der Waals surface area contributed by atoms with E-state index in [1.165, 1.54) is 0 Å². The maximum absolute atomic E-state index is 9.09. The SMILES string of the molecule is CC1COC(CO)CN1c1ncc(I)cn1. The minimum absolute atomic E-state index is 0.0353. The number of aliphatic hydroxyl groups is 1. The first-order chi connectivity index (χ1) is 7.70. The second kappa shape index (κ2) is 5.24. The molecule has 0 spiro atoms. The highest BCUT2D eigenvalue weighted by Crippen LogP contribution is 2.17. The van der Waals surface area contributed by atoms with Crippen LogP contribution in [0.2, 0.25) is 0 Å². The van der Waals surface area contributed by atoms with Crippen LogP contribution >= 0.6 is 22.6 Å². The lowest BCUT2D eigenvalue weighted by molar-refractivity contribution is -0.0108. The van der Waals surface area contributed by atoms with Gasteiger partial charge in [0.15, 0.2) is 0 Å². The molecule has 0 aliphatic carbocycles. The summed E-state index contributed by atoms with van der Waals surface area (Å²) in [5.74, 6) is 0.703. The molecule has 2 heterocycles. The van der Waals surface area contributed by atoms with E-state index < -0.39 is 0 Å². The molecule has 0 aromatic carbocycles. The second-order valence-corrected chi connectivity index (χ2v) is 5.09. The Labute approximate surface area is 108 Å². The van der Waals surface area contributed by atoms with Gasteiger partial charge in [0, 0.05) is 22.5 Å². The molecule has 2 unspecified atom stereocenters. The quantitative estimate of drug-likeness (QED) is 0.805. The molecule has 2 rings (SSSR count). The van der Waals surface area contributed by atoms with Crippen molar-refractivity contribution >= 4 is 28.5 Å². The molecule has 5 nitrogen and oxygen atoms in total. The van der Waals surface area contributed by atoms with E-state index in [1.807, 2.05) is 0 Å². The summed E-state index contributed by atoms with van der Waals surface area (Å²) in [6.45, 7) is 3.33. The molecular weight excluding hydrogens is 321 g/mol. The summed E-state index contributed by atoms with van der Waals surface area (Å²) in [6, 6.07) is 0.239. The van der Waals surface area contributed by atoms with Crippen molar-refractivity contribution in [2.45, 2.75) is 19.1 Å². The van der Waals surface area contributed by atoms with Crippen molar-refractivity contribution in [1.82, 2.24) is 9.97 Å². The molecule has 1 aromatic heterocycles. The Morgan fingerprint density at radius 3 is 2.88 bits per heavy atom. The number of rotatable bonds is 2. The molecule has 1 saturated heterocycles. The van der Waals surface area contributed by atoms with E-state index in [4.69, 9.17) is 9.84 Å². The molecule has 2 atom stereocenters. The van der Waals surface area contributed by atoms with Crippen LogP contribution < -0.4 is 4.90 Å². The van der Waals surface area contributed by atoms with Crippen LogP contribution in [-0.4, -0.2) is 47.0 Å². The topological polar surface area (TPSA) is 58.5 Å². The summed E-state index contributed by atoms with van der Waals surface area (Å²) in [5.41, 5.74) is 0. The minimum Gasteiger partial charge on any atom is -0.394 e. The van der Waals surface area contributed by atoms with Gasteiger partial charge in [0.05, 0.1) is 25.4 Å². The van der Waals surface area contributed by atoms with Gasteiger partial charge >= 0.3 is 0 Å². The second-order valence-electron chi connectivity index (χ2n) is 3.84. The number of morpholine rings is 1. The molecule has 1 aliphatic rings. The lowest BCUT2D eigenvalue weighted by Gasteiger charge is -2.37. The number of anilines is 1. The van der Waals surface area contributed by atoms with Crippen molar-refractivity contribution in [1.29, 1.82) is 0 Å².